The van der Waals surface area contributed by atoms with E-state index in [1.807, 2.05) is 25.1 Å². The lowest BCUT2D eigenvalue weighted by molar-refractivity contribution is -0.137. The zero-order valence-electron chi connectivity index (χ0n) is 18.3. The van der Waals surface area contributed by atoms with E-state index in [1.54, 1.807) is 24.5 Å². The maximum Gasteiger partial charge on any atom is 0.303 e. The van der Waals surface area contributed by atoms with Gasteiger partial charge in [-0.15, -0.1) is 0 Å². The van der Waals surface area contributed by atoms with Gasteiger partial charge in [-0.1, -0.05) is 38.5 Å². The van der Waals surface area contributed by atoms with Crippen molar-refractivity contribution < 1.29 is 19.4 Å². The minimum Gasteiger partial charge on any atom is -0.490 e. The summed E-state index contributed by atoms with van der Waals surface area (Å²) in [5.41, 5.74) is 1.45. The summed E-state index contributed by atoms with van der Waals surface area (Å²) in [7, 11) is 0. The molecule has 0 radical (unpaired) electrons. The Balaban J connectivity index is 1.67. The van der Waals surface area contributed by atoms with Gasteiger partial charge in [0.05, 0.1) is 24.6 Å². The van der Waals surface area contributed by atoms with Crippen LogP contribution in [0, 0.1) is 0 Å². The van der Waals surface area contributed by atoms with E-state index >= 15 is 0 Å². The SMILES string of the molecule is CCOc1cc(N=Nc2ccncc2)ccc1OCCCCCCCCCCC(=O)O. The van der Waals surface area contributed by atoms with E-state index in [9.17, 15) is 4.79 Å². The number of carbonyl (C=O) groups is 1. The van der Waals surface area contributed by atoms with Crippen LogP contribution in [0.1, 0.15) is 64.7 Å². The minimum atomic E-state index is -0.698. The fraction of sp³-hybridized carbons (Fsp3) is 0.500. The summed E-state index contributed by atoms with van der Waals surface area (Å²) in [6.07, 6.45) is 12.2. The zero-order valence-corrected chi connectivity index (χ0v) is 18.3. The summed E-state index contributed by atoms with van der Waals surface area (Å²) in [6, 6.07) is 9.18. The largest absolute Gasteiger partial charge is 0.490 e. The molecule has 1 N–H and O–H groups in total. The smallest absolute Gasteiger partial charge is 0.303 e. The molecule has 0 aliphatic carbocycles. The molecule has 1 aromatic heterocycles. The van der Waals surface area contributed by atoms with Crippen molar-refractivity contribution in [1.82, 2.24) is 4.98 Å². The molecule has 1 aromatic carbocycles. The lowest BCUT2D eigenvalue weighted by atomic mass is 10.1. The second-order valence-corrected chi connectivity index (χ2v) is 7.29. The molecule has 0 saturated heterocycles. The first-order valence-electron chi connectivity index (χ1n) is 11.1. The Morgan fingerprint density at radius 1 is 0.839 bits per heavy atom. The van der Waals surface area contributed by atoms with Crippen molar-refractivity contribution in [2.24, 2.45) is 10.2 Å². The van der Waals surface area contributed by atoms with E-state index in [0.29, 0.717) is 24.7 Å². The van der Waals surface area contributed by atoms with Crippen LogP contribution in [0.5, 0.6) is 11.5 Å². The van der Waals surface area contributed by atoms with Crippen molar-refractivity contribution >= 4 is 17.3 Å². The van der Waals surface area contributed by atoms with Crippen LogP contribution in [0.15, 0.2) is 53.0 Å². The molecule has 31 heavy (non-hydrogen) atoms. The number of unbranched alkanes of at least 4 members (excludes halogenated alkanes) is 7. The topological polar surface area (TPSA) is 93.4 Å². The lowest BCUT2D eigenvalue weighted by Gasteiger charge is -2.12. The van der Waals surface area contributed by atoms with Gasteiger partial charge >= 0.3 is 5.97 Å². The van der Waals surface area contributed by atoms with E-state index in [4.69, 9.17) is 14.6 Å². The van der Waals surface area contributed by atoms with Gasteiger partial charge in [0.25, 0.3) is 0 Å². The van der Waals surface area contributed by atoms with Gasteiger partial charge < -0.3 is 14.6 Å². The highest BCUT2D eigenvalue weighted by atomic mass is 16.5. The molecule has 7 heteroatoms. The van der Waals surface area contributed by atoms with Crippen LogP contribution in [0.4, 0.5) is 11.4 Å². The first-order valence-corrected chi connectivity index (χ1v) is 11.1. The Morgan fingerprint density at radius 2 is 1.48 bits per heavy atom. The highest BCUT2D eigenvalue weighted by Gasteiger charge is 2.07. The minimum absolute atomic E-state index is 0.287. The van der Waals surface area contributed by atoms with Gasteiger partial charge in [0.15, 0.2) is 11.5 Å². The summed E-state index contributed by atoms with van der Waals surface area (Å²) < 4.78 is 11.6. The van der Waals surface area contributed by atoms with Crippen LogP contribution >= 0.6 is 0 Å². The number of ether oxygens (including phenoxy) is 2. The number of azo groups is 1. The molecule has 7 nitrogen and oxygen atoms in total. The number of hydrogen-bond acceptors (Lipinski definition) is 6. The van der Waals surface area contributed by atoms with Crippen molar-refractivity contribution in [3.8, 4) is 11.5 Å². The molecule has 0 saturated carbocycles. The number of aliphatic carboxylic acids is 1. The van der Waals surface area contributed by atoms with Crippen LogP contribution < -0.4 is 9.47 Å². The first-order chi connectivity index (χ1) is 15.2. The van der Waals surface area contributed by atoms with Crippen molar-refractivity contribution in [3.05, 3.63) is 42.7 Å². The van der Waals surface area contributed by atoms with Gasteiger partial charge in [-0.2, -0.15) is 10.2 Å². The second-order valence-electron chi connectivity index (χ2n) is 7.29. The van der Waals surface area contributed by atoms with E-state index in [-0.39, 0.29) is 6.42 Å². The molecule has 0 fully saturated rings. The number of benzene rings is 1. The Bertz CT molecular complexity index is 797. The average molecular weight is 428 g/mol. The Kier molecular flexibility index (Phi) is 11.7. The zero-order chi connectivity index (χ0) is 22.2. The normalized spacial score (nSPS) is 11.0. The number of hydrogen-bond donors (Lipinski definition) is 1. The number of aromatic nitrogens is 1. The van der Waals surface area contributed by atoms with E-state index < -0.39 is 5.97 Å². The molecule has 0 aliphatic rings. The number of nitrogens with zero attached hydrogens (tertiary/aromatic N) is 3. The Hall–Kier alpha value is -2.96. The van der Waals surface area contributed by atoms with Crippen molar-refractivity contribution in [3.63, 3.8) is 0 Å². The van der Waals surface area contributed by atoms with Crippen LogP contribution in [-0.4, -0.2) is 29.3 Å². The molecule has 1 heterocycles. The Labute approximate surface area is 184 Å². The molecule has 0 aliphatic heterocycles. The summed E-state index contributed by atoms with van der Waals surface area (Å²) in [4.78, 5) is 14.4. The molecule has 0 spiro atoms. The van der Waals surface area contributed by atoms with Gasteiger partial charge in [-0.05, 0) is 44.0 Å². The predicted octanol–water partition coefficient (Wildman–Crippen LogP) is 6.87. The fourth-order valence-electron chi connectivity index (χ4n) is 3.09. The first kappa shape index (κ1) is 24.3. The van der Waals surface area contributed by atoms with Gasteiger partial charge in [-0.3, -0.25) is 9.78 Å². The third-order valence-corrected chi connectivity index (χ3v) is 4.71. The van der Waals surface area contributed by atoms with Gasteiger partial charge in [0.1, 0.15) is 0 Å². The standard InChI is InChI=1S/C24H33N3O4/c1-2-30-23-19-21(27-26-20-14-16-25-17-15-20)12-13-22(23)31-18-10-8-6-4-3-5-7-9-11-24(28)29/h12-17,19H,2-11,18H2,1H3,(H,28,29). The van der Waals surface area contributed by atoms with Gasteiger partial charge in [-0.25, -0.2) is 0 Å². The maximum atomic E-state index is 10.5. The highest BCUT2D eigenvalue weighted by molar-refractivity contribution is 5.66. The van der Waals surface area contributed by atoms with E-state index in [2.05, 4.69) is 15.2 Å². The molecule has 168 valence electrons. The number of carboxylic acids is 1. The second kappa shape index (κ2) is 14.9. The molecular formula is C24H33N3O4. The van der Waals surface area contributed by atoms with Gasteiger partial charge in [0.2, 0.25) is 0 Å². The molecule has 2 rings (SSSR count). The third kappa shape index (κ3) is 10.6. The van der Waals surface area contributed by atoms with Crippen molar-refractivity contribution in [1.29, 1.82) is 0 Å². The molecule has 0 bridgehead atoms. The molecule has 0 amide bonds. The molecular weight excluding hydrogens is 394 g/mol. The van der Waals surface area contributed by atoms with Crippen molar-refractivity contribution in [2.45, 2.75) is 64.7 Å². The summed E-state index contributed by atoms with van der Waals surface area (Å²) in [5.74, 6) is 0.703. The number of pyridine rings is 1. The highest BCUT2D eigenvalue weighted by Crippen LogP contribution is 2.32. The van der Waals surface area contributed by atoms with Crippen LogP contribution in [0.2, 0.25) is 0 Å². The maximum absolute atomic E-state index is 10.5. The lowest BCUT2D eigenvalue weighted by Crippen LogP contribution is -2.01. The molecule has 0 unspecified atom stereocenters. The monoisotopic (exact) mass is 427 g/mol. The fourth-order valence-corrected chi connectivity index (χ4v) is 3.09. The van der Waals surface area contributed by atoms with E-state index in [0.717, 1.165) is 43.5 Å². The van der Waals surface area contributed by atoms with Crippen LogP contribution in [-0.2, 0) is 4.79 Å². The van der Waals surface area contributed by atoms with Crippen LogP contribution in [0.25, 0.3) is 0 Å². The third-order valence-electron chi connectivity index (χ3n) is 4.71. The summed E-state index contributed by atoms with van der Waals surface area (Å²) >= 11 is 0. The predicted molar refractivity (Wildman–Crippen MR) is 121 cm³/mol. The summed E-state index contributed by atoms with van der Waals surface area (Å²) in [5, 5.41) is 17.1. The van der Waals surface area contributed by atoms with E-state index in [1.165, 1.54) is 19.3 Å². The van der Waals surface area contributed by atoms with Crippen molar-refractivity contribution in [2.75, 3.05) is 13.2 Å². The number of carboxylic acid groups (broad SMARTS) is 1. The molecule has 0 atom stereocenters. The number of rotatable bonds is 16. The summed E-state index contributed by atoms with van der Waals surface area (Å²) in [6.45, 7) is 3.14. The Morgan fingerprint density at radius 3 is 2.16 bits per heavy atom. The average Bonchev–Trinajstić information content (AvgIpc) is 2.78. The quantitative estimate of drug-likeness (QED) is 0.233. The van der Waals surface area contributed by atoms with Gasteiger partial charge in [0, 0.05) is 24.9 Å². The van der Waals surface area contributed by atoms with Crippen LogP contribution in [0.3, 0.4) is 0 Å². The molecule has 2 aromatic rings.